The first kappa shape index (κ1) is 14.0. The van der Waals surface area contributed by atoms with Crippen LogP contribution in [0.2, 0.25) is 5.02 Å². The molecule has 3 rings (SSSR count). The predicted octanol–water partition coefficient (Wildman–Crippen LogP) is 4.47. The Kier molecular flexibility index (Phi) is 3.84. The molecule has 0 aliphatic carbocycles. The fourth-order valence-corrected chi connectivity index (χ4v) is 2.79. The zero-order chi connectivity index (χ0) is 14.8. The van der Waals surface area contributed by atoms with E-state index in [0.29, 0.717) is 16.9 Å². The maximum Gasteiger partial charge on any atom is 0.201 e. The molecule has 2 N–H and O–H groups in total. The SMILES string of the molecule is CC(CCn1c(N)nc2ccc(Cl)cc21)c1ccccc1. The summed E-state index contributed by atoms with van der Waals surface area (Å²) < 4.78 is 2.04. The molecule has 0 radical (unpaired) electrons. The first-order chi connectivity index (χ1) is 10.1. The van der Waals surface area contributed by atoms with E-state index in [1.165, 1.54) is 5.56 Å². The lowest BCUT2D eigenvalue weighted by molar-refractivity contribution is 0.590. The lowest BCUT2D eigenvalue weighted by Crippen LogP contribution is -2.06. The number of aromatic nitrogens is 2. The van der Waals surface area contributed by atoms with Crippen LogP contribution >= 0.6 is 11.6 Å². The van der Waals surface area contributed by atoms with Gasteiger partial charge in [-0.3, -0.25) is 0 Å². The summed E-state index contributed by atoms with van der Waals surface area (Å²) in [5.41, 5.74) is 9.28. The molecule has 1 heterocycles. The molecule has 3 aromatic rings. The lowest BCUT2D eigenvalue weighted by atomic mass is 9.98. The number of benzene rings is 2. The van der Waals surface area contributed by atoms with Gasteiger partial charge in [0.15, 0.2) is 0 Å². The van der Waals surface area contributed by atoms with Gasteiger partial charge in [0.25, 0.3) is 0 Å². The first-order valence-corrected chi connectivity index (χ1v) is 7.49. The Morgan fingerprint density at radius 1 is 1.19 bits per heavy atom. The number of hydrogen-bond donors (Lipinski definition) is 1. The zero-order valence-electron chi connectivity index (χ0n) is 12.0. The van der Waals surface area contributed by atoms with Crippen molar-refractivity contribution < 1.29 is 0 Å². The highest BCUT2D eigenvalue weighted by atomic mass is 35.5. The molecule has 0 aliphatic rings. The molecular weight excluding hydrogens is 282 g/mol. The molecule has 0 spiro atoms. The molecule has 2 aromatic carbocycles. The summed E-state index contributed by atoms with van der Waals surface area (Å²) in [4.78, 5) is 4.39. The third kappa shape index (κ3) is 2.88. The fraction of sp³-hybridized carbons (Fsp3) is 0.235. The highest BCUT2D eigenvalue weighted by molar-refractivity contribution is 6.31. The van der Waals surface area contributed by atoms with Crippen LogP contribution in [0.3, 0.4) is 0 Å². The molecule has 4 heteroatoms. The van der Waals surface area contributed by atoms with E-state index in [0.717, 1.165) is 24.0 Å². The van der Waals surface area contributed by atoms with Gasteiger partial charge in [0.2, 0.25) is 5.95 Å². The summed E-state index contributed by atoms with van der Waals surface area (Å²) in [6.07, 6.45) is 1.01. The van der Waals surface area contributed by atoms with E-state index in [1.54, 1.807) is 0 Å². The third-order valence-electron chi connectivity index (χ3n) is 3.89. The van der Waals surface area contributed by atoms with Gasteiger partial charge < -0.3 is 10.3 Å². The molecule has 0 saturated heterocycles. The van der Waals surface area contributed by atoms with Gasteiger partial charge in [-0.1, -0.05) is 48.9 Å². The molecule has 108 valence electrons. The van der Waals surface area contributed by atoms with Crippen molar-refractivity contribution in [3.05, 3.63) is 59.1 Å². The first-order valence-electron chi connectivity index (χ1n) is 7.11. The summed E-state index contributed by atoms with van der Waals surface area (Å²) >= 11 is 6.08. The molecule has 0 fully saturated rings. The standard InChI is InChI=1S/C17H18ClN3/c1-12(13-5-3-2-4-6-13)9-10-21-16-11-14(18)7-8-15(16)20-17(21)19/h2-8,11-12H,9-10H2,1H3,(H2,19,20). The Balaban J connectivity index is 1.82. The highest BCUT2D eigenvalue weighted by Gasteiger charge is 2.11. The van der Waals surface area contributed by atoms with Crippen LogP contribution in [0.4, 0.5) is 5.95 Å². The van der Waals surface area contributed by atoms with E-state index in [9.17, 15) is 0 Å². The zero-order valence-corrected chi connectivity index (χ0v) is 12.7. The number of halogens is 1. The highest BCUT2D eigenvalue weighted by Crippen LogP contribution is 2.25. The molecule has 0 aliphatic heterocycles. The maximum atomic E-state index is 6.08. The van der Waals surface area contributed by atoms with Gasteiger partial charge in [-0.15, -0.1) is 0 Å². The van der Waals surface area contributed by atoms with Gasteiger partial charge in [-0.2, -0.15) is 0 Å². The number of anilines is 1. The topological polar surface area (TPSA) is 43.8 Å². The smallest absolute Gasteiger partial charge is 0.201 e. The molecule has 0 bridgehead atoms. The summed E-state index contributed by atoms with van der Waals surface area (Å²) in [6, 6.07) is 16.2. The Hall–Kier alpha value is -2.00. The quantitative estimate of drug-likeness (QED) is 0.772. The molecule has 1 atom stereocenters. The number of hydrogen-bond acceptors (Lipinski definition) is 2. The van der Waals surface area contributed by atoms with Crippen molar-refractivity contribution in [2.24, 2.45) is 0 Å². The van der Waals surface area contributed by atoms with Crippen molar-refractivity contribution in [2.75, 3.05) is 5.73 Å². The Morgan fingerprint density at radius 2 is 1.95 bits per heavy atom. The molecule has 1 aromatic heterocycles. The van der Waals surface area contributed by atoms with Gasteiger partial charge in [0, 0.05) is 11.6 Å². The van der Waals surface area contributed by atoms with E-state index in [-0.39, 0.29) is 0 Å². The average Bonchev–Trinajstić information content (AvgIpc) is 2.80. The number of nitrogens with two attached hydrogens (primary N) is 1. The van der Waals surface area contributed by atoms with Gasteiger partial charge in [0.1, 0.15) is 0 Å². The Morgan fingerprint density at radius 3 is 2.71 bits per heavy atom. The maximum absolute atomic E-state index is 6.08. The van der Waals surface area contributed by atoms with Crippen LogP contribution in [0.5, 0.6) is 0 Å². The van der Waals surface area contributed by atoms with E-state index in [2.05, 4.69) is 36.2 Å². The minimum absolute atomic E-state index is 0.474. The van der Waals surface area contributed by atoms with Crippen molar-refractivity contribution in [3.63, 3.8) is 0 Å². The van der Waals surface area contributed by atoms with Crippen molar-refractivity contribution in [1.82, 2.24) is 9.55 Å². The van der Waals surface area contributed by atoms with Crippen LogP contribution in [0, 0.1) is 0 Å². The number of imidazole rings is 1. The molecule has 1 unspecified atom stereocenters. The van der Waals surface area contributed by atoms with Crippen LogP contribution in [-0.2, 0) is 6.54 Å². The second-order valence-electron chi connectivity index (χ2n) is 5.36. The summed E-state index contributed by atoms with van der Waals surface area (Å²) in [5.74, 6) is 1.02. The molecule has 0 amide bonds. The van der Waals surface area contributed by atoms with Crippen molar-refractivity contribution in [3.8, 4) is 0 Å². The third-order valence-corrected chi connectivity index (χ3v) is 4.13. The Labute approximate surface area is 129 Å². The number of aryl methyl sites for hydroxylation is 1. The molecule has 0 saturated carbocycles. The number of fused-ring (bicyclic) bond motifs is 1. The lowest BCUT2D eigenvalue weighted by Gasteiger charge is -2.13. The van der Waals surface area contributed by atoms with Crippen LogP contribution in [-0.4, -0.2) is 9.55 Å². The Bertz CT molecular complexity index is 749. The van der Waals surface area contributed by atoms with Gasteiger partial charge in [-0.05, 0) is 36.1 Å². The fourth-order valence-electron chi connectivity index (χ4n) is 2.62. The monoisotopic (exact) mass is 299 g/mol. The van der Waals surface area contributed by atoms with Crippen molar-refractivity contribution in [1.29, 1.82) is 0 Å². The van der Waals surface area contributed by atoms with E-state index >= 15 is 0 Å². The largest absolute Gasteiger partial charge is 0.369 e. The predicted molar refractivity (Wildman–Crippen MR) is 88.6 cm³/mol. The second kappa shape index (κ2) is 5.78. The number of rotatable bonds is 4. The average molecular weight is 300 g/mol. The van der Waals surface area contributed by atoms with Gasteiger partial charge in [0.05, 0.1) is 11.0 Å². The van der Waals surface area contributed by atoms with Gasteiger partial charge >= 0.3 is 0 Å². The van der Waals surface area contributed by atoms with Gasteiger partial charge in [-0.25, -0.2) is 4.98 Å². The second-order valence-corrected chi connectivity index (χ2v) is 5.79. The van der Waals surface area contributed by atoms with Crippen LogP contribution < -0.4 is 5.73 Å². The molecular formula is C17H18ClN3. The summed E-state index contributed by atoms with van der Waals surface area (Å²) in [6.45, 7) is 3.07. The van der Waals surface area contributed by atoms with E-state index < -0.39 is 0 Å². The molecule has 3 nitrogen and oxygen atoms in total. The number of nitrogen functional groups attached to an aromatic ring is 1. The minimum Gasteiger partial charge on any atom is -0.369 e. The minimum atomic E-state index is 0.474. The van der Waals surface area contributed by atoms with Crippen LogP contribution in [0.25, 0.3) is 11.0 Å². The van der Waals surface area contributed by atoms with E-state index in [1.807, 2.05) is 28.8 Å². The van der Waals surface area contributed by atoms with Crippen LogP contribution in [0.1, 0.15) is 24.8 Å². The normalized spacial score (nSPS) is 12.7. The van der Waals surface area contributed by atoms with Crippen molar-refractivity contribution >= 4 is 28.6 Å². The summed E-state index contributed by atoms with van der Waals surface area (Å²) in [7, 11) is 0. The summed E-state index contributed by atoms with van der Waals surface area (Å²) in [5, 5.41) is 0.708. The van der Waals surface area contributed by atoms with E-state index in [4.69, 9.17) is 17.3 Å². The van der Waals surface area contributed by atoms with Crippen LogP contribution in [0.15, 0.2) is 48.5 Å². The molecule has 21 heavy (non-hydrogen) atoms. The van der Waals surface area contributed by atoms with Crippen molar-refractivity contribution in [2.45, 2.75) is 25.8 Å². The number of nitrogens with zero attached hydrogens (tertiary/aromatic N) is 2.